The van der Waals surface area contributed by atoms with Crippen LogP contribution in [0, 0.1) is 0 Å². The summed E-state index contributed by atoms with van der Waals surface area (Å²) in [5, 5.41) is 9.06. The number of halogens is 1. The molecule has 1 heterocycles. The van der Waals surface area contributed by atoms with Crippen LogP contribution < -0.4 is 0 Å². The minimum atomic E-state index is -1.03. The summed E-state index contributed by atoms with van der Waals surface area (Å²) in [4.78, 5) is 2.07. The number of aliphatic hydroxyl groups is 1. The summed E-state index contributed by atoms with van der Waals surface area (Å²) in [6, 6.07) is 0. The van der Waals surface area contributed by atoms with Gasteiger partial charge in [-0.1, -0.05) is 6.92 Å². The normalized spacial score (nSPS) is 34.1. The van der Waals surface area contributed by atoms with E-state index in [2.05, 4.69) is 11.8 Å². The molecule has 66 valence electrons. The van der Waals surface area contributed by atoms with E-state index >= 15 is 0 Å². The van der Waals surface area contributed by atoms with Crippen LogP contribution in [-0.2, 0) is 0 Å². The van der Waals surface area contributed by atoms with Crippen molar-refractivity contribution in [2.75, 3.05) is 19.6 Å². The summed E-state index contributed by atoms with van der Waals surface area (Å²) in [6.45, 7) is 4.29. The molecule has 0 radical (unpaired) electrons. The van der Waals surface area contributed by atoms with Gasteiger partial charge in [0, 0.05) is 13.1 Å². The van der Waals surface area contributed by atoms with Gasteiger partial charge in [0.05, 0.1) is 6.10 Å². The maximum absolute atomic E-state index is 12.9. The van der Waals surface area contributed by atoms with Crippen molar-refractivity contribution in [2.45, 2.75) is 32.0 Å². The number of rotatable bonds is 2. The van der Waals surface area contributed by atoms with Gasteiger partial charge in [-0.05, 0) is 19.4 Å². The minimum absolute atomic E-state index is 0.412. The van der Waals surface area contributed by atoms with Crippen molar-refractivity contribution in [2.24, 2.45) is 0 Å². The average Bonchev–Trinajstić information content (AvgIpc) is 1.98. The summed E-state index contributed by atoms with van der Waals surface area (Å²) in [5.74, 6) is 0. The lowest BCUT2D eigenvalue weighted by molar-refractivity contribution is 0.00668. The standard InChI is InChI=1S/C8H16FNO/c1-2-4-10-5-3-8(11)7(9)6-10/h7-8,11H,2-6H2,1H3. The third-order valence-corrected chi connectivity index (χ3v) is 2.13. The Bertz CT molecular complexity index is 121. The zero-order chi connectivity index (χ0) is 8.27. The molecule has 1 aliphatic rings. The first-order valence-electron chi connectivity index (χ1n) is 4.28. The van der Waals surface area contributed by atoms with Gasteiger partial charge in [0.1, 0.15) is 6.17 Å². The molecular formula is C8H16FNO. The molecule has 0 bridgehead atoms. The average molecular weight is 161 g/mol. The Morgan fingerprint density at radius 3 is 2.91 bits per heavy atom. The van der Waals surface area contributed by atoms with Gasteiger partial charge >= 0.3 is 0 Å². The van der Waals surface area contributed by atoms with Crippen LogP contribution in [0.15, 0.2) is 0 Å². The molecule has 11 heavy (non-hydrogen) atoms. The number of piperidine rings is 1. The van der Waals surface area contributed by atoms with E-state index in [4.69, 9.17) is 5.11 Å². The molecule has 0 spiro atoms. The molecule has 1 rings (SSSR count). The monoisotopic (exact) mass is 161 g/mol. The molecule has 0 aromatic heterocycles. The molecule has 0 saturated carbocycles. The molecule has 1 fully saturated rings. The minimum Gasteiger partial charge on any atom is -0.390 e. The van der Waals surface area contributed by atoms with E-state index in [1.165, 1.54) is 0 Å². The highest BCUT2D eigenvalue weighted by Gasteiger charge is 2.26. The second-order valence-corrected chi connectivity index (χ2v) is 3.17. The Morgan fingerprint density at radius 2 is 2.36 bits per heavy atom. The molecule has 0 amide bonds. The second kappa shape index (κ2) is 4.02. The number of hydrogen-bond acceptors (Lipinski definition) is 2. The first kappa shape index (κ1) is 8.94. The van der Waals surface area contributed by atoms with Crippen molar-refractivity contribution in [3.05, 3.63) is 0 Å². The van der Waals surface area contributed by atoms with Crippen molar-refractivity contribution in [3.63, 3.8) is 0 Å². The third kappa shape index (κ3) is 2.42. The van der Waals surface area contributed by atoms with Crippen LogP contribution in [0.4, 0.5) is 4.39 Å². The van der Waals surface area contributed by atoms with Crippen molar-refractivity contribution in [1.29, 1.82) is 0 Å². The molecule has 1 N–H and O–H groups in total. The Balaban J connectivity index is 2.28. The zero-order valence-electron chi connectivity index (χ0n) is 6.96. The Hall–Kier alpha value is -0.150. The lowest BCUT2D eigenvalue weighted by atomic mass is 10.1. The molecule has 0 aromatic carbocycles. The largest absolute Gasteiger partial charge is 0.390 e. The number of aliphatic hydroxyl groups excluding tert-OH is 1. The van der Waals surface area contributed by atoms with Crippen molar-refractivity contribution in [1.82, 2.24) is 4.90 Å². The van der Waals surface area contributed by atoms with Gasteiger partial charge < -0.3 is 10.0 Å². The van der Waals surface area contributed by atoms with Crippen molar-refractivity contribution in [3.8, 4) is 0 Å². The lowest BCUT2D eigenvalue weighted by Crippen LogP contribution is -2.44. The molecule has 1 aliphatic heterocycles. The highest BCUT2D eigenvalue weighted by atomic mass is 19.1. The number of likely N-dealkylation sites (tertiary alicyclic amines) is 1. The summed E-state index contributed by atoms with van der Waals surface area (Å²) in [6.07, 6.45) is -0.109. The molecule has 2 nitrogen and oxygen atoms in total. The van der Waals surface area contributed by atoms with E-state index < -0.39 is 12.3 Å². The van der Waals surface area contributed by atoms with E-state index in [0.717, 1.165) is 19.5 Å². The summed E-state index contributed by atoms with van der Waals surface area (Å²) < 4.78 is 12.9. The van der Waals surface area contributed by atoms with Crippen LogP contribution in [0.5, 0.6) is 0 Å². The fraction of sp³-hybridized carbons (Fsp3) is 1.00. The molecule has 0 aliphatic carbocycles. The molecule has 0 aromatic rings. The van der Waals surface area contributed by atoms with Crippen molar-refractivity contribution < 1.29 is 9.50 Å². The number of hydrogen-bond donors (Lipinski definition) is 1. The molecule has 2 atom stereocenters. The lowest BCUT2D eigenvalue weighted by Gasteiger charge is -2.31. The molecule has 3 heteroatoms. The Kier molecular flexibility index (Phi) is 3.27. The SMILES string of the molecule is CCCN1CCC(O)C(F)C1. The van der Waals surface area contributed by atoms with E-state index in [1.54, 1.807) is 0 Å². The summed E-state index contributed by atoms with van der Waals surface area (Å²) in [5.41, 5.74) is 0. The fourth-order valence-electron chi connectivity index (χ4n) is 1.47. The smallest absolute Gasteiger partial charge is 0.138 e. The van der Waals surface area contributed by atoms with Crippen molar-refractivity contribution >= 4 is 0 Å². The predicted molar refractivity (Wildman–Crippen MR) is 42.3 cm³/mol. The second-order valence-electron chi connectivity index (χ2n) is 3.17. The van der Waals surface area contributed by atoms with E-state index in [9.17, 15) is 4.39 Å². The van der Waals surface area contributed by atoms with Gasteiger partial charge in [0.15, 0.2) is 0 Å². The zero-order valence-corrected chi connectivity index (χ0v) is 6.96. The van der Waals surface area contributed by atoms with Gasteiger partial charge in [0.2, 0.25) is 0 Å². The van der Waals surface area contributed by atoms with Crippen LogP contribution in [0.3, 0.4) is 0 Å². The van der Waals surface area contributed by atoms with E-state index in [1.807, 2.05) is 0 Å². The highest BCUT2D eigenvalue weighted by Crippen LogP contribution is 2.13. The van der Waals surface area contributed by atoms with Gasteiger partial charge in [-0.2, -0.15) is 0 Å². The van der Waals surface area contributed by atoms with E-state index in [0.29, 0.717) is 13.0 Å². The Morgan fingerprint density at radius 1 is 1.64 bits per heavy atom. The van der Waals surface area contributed by atoms with Gasteiger partial charge in [-0.15, -0.1) is 0 Å². The van der Waals surface area contributed by atoms with Crippen LogP contribution in [0.2, 0.25) is 0 Å². The van der Waals surface area contributed by atoms with Crippen LogP contribution in [-0.4, -0.2) is 41.9 Å². The van der Waals surface area contributed by atoms with Gasteiger partial charge in [-0.25, -0.2) is 4.39 Å². The van der Waals surface area contributed by atoms with Crippen LogP contribution in [0.25, 0.3) is 0 Å². The maximum atomic E-state index is 12.9. The maximum Gasteiger partial charge on any atom is 0.138 e. The number of nitrogens with zero attached hydrogens (tertiary/aromatic N) is 1. The summed E-state index contributed by atoms with van der Waals surface area (Å²) >= 11 is 0. The van der Waals surface area contributed by atoms with Crippen LogP contribution >= 0.6 is 0 Å². The highest BCUT2D eigenvalue weighted by molar-refractivity contribution is 4.79. The fourth-order valence-corrected chi connectivity index (χ4v) is 1.47. The van der Waals surface area contributed by atoms with Crippen LogP contribution in [0.1, 0.15) is 19.8 Å². The first-order valence-corrected chi connectivity index (χ1v) is 4.28. The van der Waals surface area contributed by atoms with Gasteiger partial charge in [0.25, 0.3) is 0 Å². The topological polar surface area (TPSA) is 23.5 Å². The molecule has 1 saturated heterocycles. The van der Waals surface area contributed by atoms with E-state index in [-0.39, 0.29) is 0 Å². The Labute approximate surface area is 67.0 Å². The summed E-state index contributed by atoms with van der Waals surface area (Å²) in [7, 11) is 0. The van der Waals surface area contributed by atoms with Gasteiger partial charge in [-0.3, -0.25) is 0 Å². The molecule has 2 unspecified atom stereocenters. The third-order valence-electron chi connectivity index (χ3n) is 2.13. The quantitative estimate of drug-likeness (QED) is 0.647. The predicted octanol–water partition coefficient (Wildman–Crippen LogP) is 0.801. The number of alkyl halides is 1. The first-order chi connectivity index (χ1) is 5.24. The molecular weight excluding hydrogens is 145 g/mol.